The third-order valence-electron chi connectivity index (χ3n) is 3.81. The second kappa shape index (κ2) is 12.4. The first-order valence-electron chi connectivity index (χ1n) is 8.56. The Morgan fingerprint density at radius 3 is 2.41 bits per heavy atom. The van der Waals surface area contributed by atoms with Crippen LogP contribution in [0.15, 0.2) is 47.5 Å². The van der Waals surface area contributed by atoms with Crippen molar-refractivity contribution >= 4 is 35.6 Å². The topological polar surface area (TPSA) is 64.1 Å². The third-order valence-corrected chi connectivity index (χ3v) is 3.81. The number of rotatable bonds is 8. The molecule has 0 aliphatic rings. The van der Waals surface area contributed by atoms with Crippen molar-refractivity contribution in [1.82, 2.24) is 5.32 Å². The van der Waals surface area contributed by atoms with Gasteiger partial charge in [0.05, 0.1) is 20.3 Å². The highest BCUT2D eigenvalue weighted by atomic mass is 127. The standard InChI is InChI=1S/C20H27N3O3.HI/c1-5-26-19-12-17(10-11-18(19)25-4)23-20(21-2)22-13-15-8-6-7-9-16(15)14-24-3;/h6-12H,5,13-14H2,1-4H3,(H2,21,22,23);1H. The van der Waals surface area contributed by atoms with Crippen LogP contribution >= 0.6 is 24.0 Å². The molecule has 0 saturated carbocycles. The van der Waals surface area contributed by atoms with E-state index in [2.05, 4.69) is 27.8 Å². The molecule has 0 aliphatic heterocycles. The van der Waals surface area contributed by atoms with Crippen molar-refractivity contribution < 1.29 is 14.2 Å². The molecule has 0 amide bonds. The SMILES string of the molecule is CCOc1cc(NC(=NC)NCc2ccccc2COC)ccc1OC.I. The van der Waals surface area contributed by atoms with Crippen LogP contribution in [-0.4, -0.2) is 33.8 Å². The van der Waals surface area contributed by atoms with E-state index in [1.165, 1.54) is 5.56 Å². The number of hydrogen-bond acceptors (Lipinski definition) is 4. The summed E-state index contributed by atoms with van der Waals surface area (Å²) in [5.74, 6) is 2.07. The molecular formula is C20H28IN3O3. The summed E-state index contributed by atoms with van der Waals surface area (Å²) in [7, 11) is 5.07. The largest absolute Gasteiger partial charge is 0.493 e. The smallest absolute Gasteiger partial charge is 0.195 e. The summed E-state index contributed by atoms with van der Waals surface area (Å²) in [4.78, 5) is 4.28. The average Bonchev–Trinajstić information content (AvgIpc) is 2.67. The molecule has 27 heavy (non-hydrogen) atoms. The number of benzene rings is 2. The van der Waals surface area contributed by atoms with Gasteiger partial charge in [0.2, 0.25) is 0 Å². The molecule has 0 aliphatic carbocycles. The van der Waals surface area contributed by atoms with E-state index in [9.17, 15) is 0 Å². The third kappa shape index (κ3) is 6.91. The van der Waals surface area contributed by atoms with E-state index in [4.69, 9.17) is 14.2 Å². The summed E-state index contributed by atoms with van der Waals surface area (Å²) in [6.07, 6.45) is 0. The molecule has 0 bridgehead atoms. The van der Waals surface area contributed by atoms with Gasteiger partial charge in [0, 0.05) is 32.5 Å². The molecule has 0 heterocycles. The Morgan fingerprint density at radius 2 is 1.78 bits per heavy atom. The van der Waals surface area contributed by atoms with Crippen molar-refractivity contribution in [2.75, 3.05) is 33.2 Å². The summed E-state index contributed by atoms with van der Waals surface area (Å²) >= 11 is 0. The van der Waals surface area contributed by atoms with E-state index in [1.807, 2.05) is 37.3 Å². The molecule has 7 heteroatoms. The van der Waals surface area contributed by atoms with Gasteiger partial charge in [-0.15, -0.1) is 24.0 Å². The molecule has 2 aromatic rings. The second-order valence-electron chi connectivity index (χ2n) is 5.55. The summed E-state index contributed by atoms with van der Waals surface area (Å²) < 4.78 is 16.2. The monoisotopic (exact) mass is 485 g/mol. The lowest BCUT2D eigenvalue weighted by Gasteiger charge is -2.15. The van der Waals surface area contributed by atoms with Crippen LogP contribution in [0.5, 0.6) is 11.5 Å². The Labute approximate surface area is 178 Å². The zero-order valence-electron chi connectivity index (χ0n) is 16.2. The van der Waals surface area contributed by atoms with Crippen molar-refractivity contribution in [2.45, 2.75) is 20.1 Å². The normalized spacial score (nSPS) is 10.7. The lowest BCUT2D eigenvalue weighted by molar-refractivity contribution is 0.184. The van der Waals surface area contributed by atoms with Crippen LogP contribution < -0.4 is 20.1 Å². The molecule has 2 rings (SSSR count). The fourth-order valence-corrected chi connectivity index (χ4v) is 2.54. The molecule has 2 aromatic carbocycles. The van der Waals surface area contributed by atoms with Gasteiger partial charge in [-0.1, -0.05) is 24.3 Å². The quantitative estimate of drug-likeness (QED) is 0.336. The van der Waals surface area contributed by atoms with Crippen molar-refractivity contribution in [3.8, 4) is 11.5 Å². The van der Waals surface area contributed by atoms with Crippen molar-refractivity contribution in [3.05, 3.63) is 53.6 Å². The maximum absolute atomic E-state index is 5.62. The van der Waals surface area contributed by atoms with Crippen molar-refractivity contribution in [1.29, 1.82) is 0 Å². The highest BCUT2D eigenvalue weighted by Gasteiger charge is 2.08. The minimum absolute atomic E-state index is 0. The predicted octanol–water partition coefficient (Wildman–Crippen LogP) is 4.05. The Bertz CT molecular complexity index is 738. The van der Waals surface area contributed by atoms with Gasteiger partial charge >= 0.3 is 0 Å². The lowest BCUT2D eigenvalue weighted by Crippen LogP contribution is -2.30. The predicted molar refractivity (Wildman–Crippen MR) is 121 cm³/mol. The zero-order valence-corrected chi connectivity index (χ0v) is 18.6. The summed E-state index contributed by atoms with van der Waals surface area (Å²) in [6.45, 7) is 3.74. The summed E-state index contributed by atoms with van der Waals surface area (Å²) in [5.41, 5.74) is 3.19. The summed E-state index contributed by atoms with van der Waals surface area (Å²) in [6, 6.07) is 13.9. The minimum atomic E-state index is 0. The molecule has 0 radical (unpaired) electrons. The number of anilines is 1. The Balaban J connectivity index is 0.00000364. The zero-order chi connectivity index (χ0) is 18.8. The minimum Gasteiger partial charge on any atom is -0.493 e. The van der Waals surface area contributed by atoms with E-state index in [0.717, 1.165) is 11.3 Å². The number of methoxy groups -OCH3 is 2. The van der Waals surface area contributed by atoms with E-state index < -0.39 is 0 Å². The van der Waals surface area contributed by atoms with Gasteiger partial charge in [-0.3, -0.25) is 4.99 Å². The molecule has 6 nitrogen and oxygen atoms in total. The molecule has 0 aromatic heterocycles. The van der Waals surface area contributed by atoms with Gasteiger partial charge in [0.15, 0.2) is 17.5 Å². The fourth-order valence-electron chi connectivity index (χ4n) is 2.54. The molecule has 2 N–H and O–H groups in total. The number of nitrogens with one attached hydrogen (secondary N) is 2. The van der Waals surface area contributed by atoms with Gasteiger partial charge in [-0.25, -0.2) is 0 Å². The van der Waals surface area contributed by atoms with Crippen molar-refractivity contribution in [3.63, 3.8) is 0 Å². The maximum atomic E-state index is 5.62. The lowest BCUT2D eigenvalue weighted by atomic mass is 10.1. The van der Waals surface area contributed by atoms with Crippen LogP contribution in [0.2, 0.25) is 0 Å². The first-order valence-corrected chi connectivity index (χ1v) is 8.56. The van der Waals surface area contributed by atoms with E-state index >= 15 is 0 Å². The molecule has 0 unspecified atom stereocenters. The van der Waals surface area contributed by atoms with Gasteiger partial charge in [-0.05, 0) is 30.2 Å². The fraction of sp³-hybridized carbons (Fsp3) is 0.350. The maximum Gasteiger partial charge on any atom is 0.195 e. The number of nitrogens with zero attached hydrogens (tertiary/aromatic N) is 1. The van der Waals surface area contributed by atoms with E-state index in [-0.39, 0.29) is 24.0 Å². The van der Waals surface area contributed by atoms with Crippen LogP contribution in [0.3, 0.4) is 0 Å². The van der Waals surface area contributed by atoms with E-state index in [1.54, 1.807) is 21.3 Å². The van der Waals surface area contributed by atoms with Crippen LogP contribution in [0.25, 0.3) is 0 Å². The highest BCUT2D eigenvalue weighted by molar-refractivity contribution is 14.0. The number of guanidine groups is 1. The molecule has 0 saturated heterocycles. The molecular weight excluding hydrogens is 457 g/mol. The molecule has 148 valence electrons. The Kier molecular flexibility index (Phi) is 10.6. The second-order valence-corrected chi connectivity index (χ2v) is 5.55. The average molecular weight is 485 g/mol. The van der Waals surface area contributed by atoms with Crippen LogP contribution in [0, 0.1) is 0 Å². The molecule has 0 atom stereocenters. The Morgan fingerprint density at radius 1 is 1.04 bits per heavy atom. The number of aliphatic imine (C=N–C) groups is 1. The van der Waals surface area contributed by atoms with Gasteiger partial charge in [-0.2, -0.15) is 0 Å². The number of halogens is 1. The van der Waals surface area contributed by atoms with Gasteiger partial charge in [0.25, 0.3) is 0 Å². The van der Waals surface area contributed by atoms with Gasteiger partial charge < -0.3 is 24.8 Å². The van der Waals surface area contributed by atoms with Crippen LogP contribution in [0.4, 0.5) is 5.69 Å². The highest BCUT2D eigenvalue weighted by Crippen LogP contribution is 2.30. The van der Waals surface area contributed by atoms with Crippen LogP contribution in [-0.2, 0) is 17.9 Å². The molecule has 0 spiro atoms. The van der Waals surface area contributed by atoms with Crippen LogP contribution in [0.1, 0.15) is 18.1 Å². The Hall–Kier alpha value is -2.00. The first-order chi connectivity index (χ1) is 12.7. The number of hydrogen-bond donors (Lipinski definition) is 2. The number of ether oxygens (including phenoxy) is 3. The molecule has 0 fully saturated rings. The summed E-state index contributed by atoms with van der Waals surface area (Å²) in [5, 5.41) is 6.60. The van der Waals surface area contributed by atoms with Crippen molar-refractivity contribution in [2.24, 2.45) is 4.99 Å². The van der Waals surface area contributed by atoms with Gasteiger partial charge in [0.1, 0.15) is 0 Å². The first kappa shape index (κ1) is 23.0. The van der Waals surface area contributed by atoms with E-state index in [0.29, 0.717) is 37.2 Å².